The van der Waals surface area contributed by atoms with Crippen LogP contribution in [0, 0.1) is 11.8 Å². The monoisotopic (exact) mass is 336 g/mol. The first kappa shape index (κ1) is 20.0. The zero-order valence-corrected chi connectivity index (χ0v) is 15.3. The third-order valence-corrected chi connectivity index (χ3v) is 3.30. The van der Waals surface area contributed by atoms with E-state index in [1.807, 2.05) is 0 Å². The molecule has 0 atom stereocenters. The van der Waals surface area contributed by atoms with Crippen molar-refractivity contribution in [3.05, 3.63) is 18.2 Å². The van der Waals surface area contributed by atoms with Crippen molar-refractivity contribution in [3.63, 3.8) is 0 Å². The highest BCUT2D eigenvalue weighted by Crippen LogP contribution is 2.33. The standard InChI is InChI=1S/C19H28O5/c1-6-7-8-11-22-15-9-10-16(23-18(20)13(2)3)17(12-15)24-19(21)14(4)5/h9-10,12-14H,6-8,11H2,1-5H3. The summed E-state index contributed by atoms with van der Waals surface area (Å²) in [6, 6.07) is 4.90. The summed E-state index contributed by atoms with van der Waals surface area (Å²) in [6.07, 6.45) is 3.17. The Bertz CT molecular complexity index is 549. The number of rotatable bonds is 9. The van der Waals surface area contributed by atoms with Crippen molar-refractivity contribution in [2.75, 3.05) is 6.61 Å². The lowest BCUT2D eigenvalue weighted by atomic mass is 10.2. The summed E-state index contributed by atoms with van der Waals surface area (Å²) in [5.41, 5.74) is 0. The number of ether oxygens (including phenoxy) is 3. The number of carbonyl (C=O) groups is 2. The van der Waals surface area contributed by atoms with Crippen molar-refractivity contribution in [2.24, 2.45) is 11.8 Å². The van der Waals surface area contributed by atoms with Gasteiger partial charge in [-0.3, -0.25) is 9.59 Å². The summed E-state index contributed by atoms with van der Waals surface area (Å²) in [5, 5.41) is 0. The largest absolute Gasteiger partial charge is 0.493 e. The summed E-state index contributed by atoms with van der Waals surface area (Å²) < 4.78 is 16.3. The van der Waals surface area contributed by atoms with Crippen LogP contribution < -0.4 is 14.2 Å². The molecule has 0 spiro atoms. The van der Waals surface area contributed by atoms with Crippen molar-refractivity contribution in [1.82, 2.24) is 0 Å². The molecule has 0 aliphatic rings. The van der Waals surface area contributed by atoms with E-state index in [9.17, 15) is 9.59 Å². The van der Waals surface area contributed by atoms with Gasteiger partial charge in [-0.05, 0) is 18.6 Å². The molecule has 0 unspecified atom stereocenters. The van der Waals surface area contributed by atoms with Crippen LogP contribution in [0.5, 0.6) is 17.2 Å². The van der Waals surface area contributed by atoms with Gasteiger partial charge in [0.15, 0.2) is 11.5 Å². The maximum Gasteiger partial charge on any atom is 0.313 e. The van der Waals surface area contributed by atoms with Crippen LogP contribution in [0.3, 0.4) is 0 Å². The summed E-state index contributed by atoms with van der Waals surface area (Å²) in [4.78, 5) is 23.7. The molecule has 0 saturated heterocycles. The number of unbranched alkanes of at least 4 members (excludes halogenated alkanes) is 2. The van der Waals surface area contributed by atoms with Crippen LogP contribution >= 0.6 is 0 Å². The van der Waals surface area contributed by atoms with E-state index >= 15 is 0 Å². The van der Waals surface area contributed by atoms with Gasteiger partial charge in [-0.15, -0.1) is 0 Å². The van der Waals surface area contributed by atoms with Crippen molar-refractivity contribution in [3.8, 4) is 17.2 Å². The molecular formula is C19H28O5. The zero-order valence-electron chi connectivity index (χ0n) is 15.3. The van der Waals surface area contributed by atoms with E-state index in [4.69, 9.17) is 14.2 Å². The Morgan fingerprint density at radius 1 is 0.917 bits per heavy atom. The average molecular weight is 336 g/mol. The van der Waals surface area contributed by atoms with Crippen molar-refractivity contribution >= 4 is 11.9 Å². The Balaban J connectivity index is 2.92. The molecule has 0 heterocycles. The zero-order chi connectivity index (χ0) is 18.1. The fourth-order valence-electron chi connectivity index (χ4n) is 1.74. The maximum atomic E-state index is 11.9. The Kier molecular flexibility index (Phi) is 8.30. The SMILES string of the molecule is CCCCCOc1ccc(OC(=O)C(C)C)c(OC(=O)C(C)C)c1. The molecule has 1 aromatic carbocycles. The Morgan fingerprint density at radius 3 is 2.04 bits per heavy atom. The van der Waals surface area contributed by atoms with Crippen LogP contribution in [0.4, 0.5) is 0 Å². The van der Waals surface area contributed by atoms with Gasteiger partial charge >= 0.3 is 11.9 Å². The predicted molar refractivity (Wildman–Crippen MR) is 92.4 cm³/mol. The number of hydrogen-bond acceptors (Lipinski definition) is 5. The third-order valence-electron chi connectivity index (χ3n) is 3.30. The second-order valence-electron chi connectivity index (χ2n) is 6.32. The lowest BCUT2D eigenvalue weighted by Gasteiger charge is -2.14. The van der Waals surface area contributed by atoms with E-state index in [0.29, 0.717) is 12.4 Å². The first-order chi connectivity index (χ1) is 11.3. The number of carbonyl (C=O) groups excluding carboxylic acids is 2. The van der Waals surface area contributed by atoms with Gasteiger partial charge in [0.2, 0.25) is 0 Å². The molecule has 0 amide bonds. The number of esters is 2. The van der Waals surface area contributed by atoms with Crippen LogP contribution in [0.1, 0.15) is 53.9 Å². The highest BCUT2D eigenvalue weighted by Gasteiger charge is 2.18. The smallest absolute Gasteiger partial charge is 0.313 e. The van der Waals surface area contributed by atoms with E-state index in [0.717, 1.165) is 19.3 Å². The van der Waals surface area contributed by atoms with E-state index in [1.165, 1.54) is 0 Å². The third kappa shape index (κ3) is 6.60. The average Bonchev–Trinajstić information content (AvgIpc) is 2.53. The Hall–Kier alpha value is -2.04. The van der Waals surface area contributed by atoms with Crippen LogP contribution in [0.15, 0.2) is 18.2 Å². The Morgan fingerprint density at radius 2 is 1.50 bits per heavy atom. The molecule has 0 saturated carbocycles. The minimum atomic E-state index is -0.389. The van der Waals surface area contributed by atoms with E-state index < -0.39 is 0 Å². The number of hydrogen-bond donors (Lipinski definition) is 0. The van der Waals surface area contributed by atoms with Crippen LogP contribution in [-0.2, 0) is 9.59 Å². The van der Waals surface area contributed by atoms with E-state index in [2.05, 4.69) is 6.92 Å². The van der Waals surface area contributed by atoms with Crippen molar-refractivity contribution < 1.29 is 23.8 Å². The molecule has 0 fully saturated rings. The summed E-state index contributed by atoms with van der Waals surface area (Å²) in [5.74, 6) is -0.314. The first-order valence-corrected chi connectivity index (χ1v) is 8.55. The molecule has 0 bridgehead atoms. The molecule has 134 valence electrons. The fourth-order valence-corrected chi connectivity index (χ4v) is 1.74. The highest BCUT2D eigenvalue weighted by molar-refractivity contribution is 5.78. The highest BCUT2D eigenvalue weighted by atomic mass is 16.6. The minimum absolute atomic E-state index is 0.204. The van der Waals surface area contributed by atoms with Gasteiger partial charge < -0.3 is 14.2 Å². The van der Waals surface area contributed by atoms with Gasteiger partial charge in [0.25, 0.3) is 0 Å². The van der Waals surface area contributed by atoms with Gasteiger partial charge in [-0.25, -0.2) is 0 Å². The molecule has 5 nitrogen and oxygen atoms in total. The second-order valence-corrected chi connectivity index (χ2v) is 6.32. The molecule has 0 radical (unpaired) electrons. The molecular weight excluding hydrogens is 308 g/mol. The fraction of sp³-hybridized carbons (Fsp3) is 0.579. The first-order valence-electron chi connectivity index (χ1n) is 8.55. The summed E-state index contributed by atoms with van der Waals surface area (Å²) in [6.45, 7) is 9.69. The topological polar surface area (TPSA) is 61.8 Å². The van der Waals surface area contributed by atoms with Gasteiger partial charge in [0.1, 0.15) is 5.75 Å². The van der Waals surface area contributed by atoms with E-state index in [1.54, 1.807) is 45.9 Å². The maximum absolute atomic E-state index is 11.9. The summed E-state index contributed by atoms with van der Waals surface area (Å²) in [7, 11) is 0. The van der Waals surface area contributed by atoms with Gasteiger partial charge in [0.05, 0.1) is 18.4 Å². The molecule has 24 heavy (non-hydrogen) atoms. The van der Waals surface area contributed by atoms with Gasteiger partial charge in [-0.1, -0.05) is 47.5 Å². The van der Waals surface area contributed by atoms with Gasteiger partial charge in [-0.2, -0.15) is 0 Å². The second kappa shape index (κ2) is 9.96. The molecule has 5 heteroatoms. The number of benzene rings is 1. The predicted octanol–water partition coefficient (Wildman–Crippen LogP) is 4.38. The molecule has 0 aliphatic carbocycles. The van der Waals surface area contributed by atoms with Crippen LogP contribution in [0.2, 0.25) is 0 Å². The minimum Gasteiger partial charge on any atom is -0.493 e. The molecule has 0 N–H and O–H groups in total. The van der Waals surface area contributed by atoms with Crippen LogP contribution in [-0.4, -0.2) is 18.5 Å². The molecule has 0 aromatic heterocycles. The Labute approximate surface area is 144 Å². The quantitative estimate of drug-likeness (QED) is 0.380. The summed E-state index contributed by atoms with van der Waals surface area (Å²) >= 11 is 0. The normalized spacial score (nSPS) is 10.8. The van der Waals surface area contributed by atoms with Gasteiger partial charge in [0, 0.05) is 6.07 Å². The van der Waals surface area contributed by atoms with Crippen LogP contribution in [0.25, 0.3) is 0 Å². The molecule has 1 rings (SSSR count). The van der Waals surface area contributed by atoms with Crippen molar-refractivity contribution in [2.45, 2.75) is 53.9 Å². The molecule has 1 aromatic rings. The lowest BCUT2D eigenvalue weighted by molar-refractivity contribution is -0.140. The van der Waals surface area contributed by atoms with Crippen molar-refractivity contribution in [1.29, 1.82) is 0 Å². The molecule has 0 aliphatic heterocycles. The van der Waals surface area contributed by atoms with E-state index in [-0.39, 0.29) is 35.3 Å². The lowest BCUT2D eigenvalue weighted by Crippen LogP contribution is -2.18.